The van der Waals surface area contributed by atoms with Crippen LogP contribution >= 0.6 is 7.82 Å². The molecule has 0 spiro atoms. The summed E-state index contributed by atoms with van der Waals surface area (Å²) in [7, 11) is 4.67. The molecule has 1 N–H and O–H groups in total. The van der Waals surface area contributed by atoms with Gasteiger partial charge in [-0.3, -0.25) is 9.05 Å². The van der Waals surface area contributed by atoms with Crippen LogP contribution < -0.4 is 0 Å². The lowest BCUT2D eigenvalue weighted by Gasteiger charge is -2.24. The van der Waals surface area contributed by atoms with Gasteiger partial charge in [-0.1, -0.05) is 0 Å². The molecule has 0 bridgehead atoms. The van der Waals surface area contributed by atoms with Crippen LogP contribution in [0.2, 0.25) is 0 Å². The highest BCUT2D eigenvalue weighted by atomic mass is 31.2. The molecule has 0 fully saturated rings. The molecule has 0 aliphatic carbocycles. The molecule has 0 aliphatic rings. The third-order valence-corrected chi connectivity index (χ3v) is 3.56. The van der Waals surface area contributed by atoms with Crippen molar-refractivity contribution in [2.75, 3.05) is 68.2 Å². The highest BCUT2D eigenvalue weighted by molar-refractivity contribution is 7.47. The first-order valence-corrected chi connectivity index (χ1v) is 8.84. The fourth-order valence-electron chi connectivity index (χ4n) is 1.26. The maximum atomic E-state index is 11.8. The van der Waals surface area contributed by atoms with Gasteiger partial charge in [0.1, 0.15) is 13.2 Å². The lowest BCUT2D eigenvalue weighted by molar-refractivity contribution is -0.870. The topological polar surface area (TPSA) is 94.5 Å². The Morgan fingerprint density at radius 3 is 2.30 bits per heavy atom. The van der Waals surface area contributed by atoms with E-state index in [0.29, 0.717) is 17.6 Å². The summed E-state index contributed by atoms with van der Waals surface area (Å²) in [5, 5.41) is 0. The summed E-state index contributed by atoms with van der Waals surface area (Å²) in [6.45, 7) is 2.60. The number of phosphoric acid groups is 1. The Morgan fingerprint density at radius 1 is 1.22 bits per heavy atom. The molecule has 1 unspecified atom stereocenters. The van der Waals surface area contributed by atoms with E-state index in [1.54, 1.807) is 6.92 Å². The van der Waals surface area contributed by atoms with Gasteiger partial charge >= 0.3 is 13.9 Å². The first kappa shape index (κ1) is 22.3. The van der Waals surface area contributed by atoms with Crippen LogP contribution in [0.4, 0.5) is 4.79 Å². The van der Waals surface area contributed by atoms with E-state index in [2.05, 4.69) is 0 Å². The second-order valence-electron chi connectivity index (χ2n) is 6.17. The molecule has 10 heteroatoms. The predicted octanol–water partition coefficient (Wildman–Crippen LogP) is 0.929. The van der Waals surface area contributed by atoms with Gasteiger partial charge in [-0.25, -0.2) is 9.36 Å². The number of hydrogen-bond donors (Lipinski definition) is 1. The van der Waals surface area contributed by atoms with Gasteiger partial charge in [-0.2, -0.15) is 0 Å². The van der Waals surface area contributed by atoms with Gasteiger partial charge in [0, 0.05) is 20.7 Å². The van der Waals surface area contributed by atoms with E-state index in [1.807, 2.05) is 21.1 Å². The molecule has 0 aromatic heterocycles. The Morgan fingerprint density at radius 2 is 1.83 bits per heavy atom. The number of phosphoric ester groups is 1. The van der Waals surface area contributed by atoms with Crippen molar-refractivity contribution in [1.82, 2.24) is 4.90 Å². The van der Waals surface area contributed by atoms with Crippen molar-refractivity contribution in [3.8, 4) is 0 Å². The molecule has 0 heterocycles. The van der Waals surface area contributed by atoms with Crippen LogP contribution in [-0.4, -0.2) is 94.7 Å². The molecule has 0 aliphatic heterocycles. The van der Waals surface area contributed by atoms with Gasteiger partial charge < -0.3 is 23.8 Å². The van der Waals surface area contributed by atoms with Crippen molar-refractivity contribution < 1.29 is 37.3 Å². The van der Waals surface area contributed by atoms with Crippen molar-refractivity contribution in [1.29, 1.82) is 0 Å². The molecule has 23 heavy (non-hydrogen) atoms. The Kier molecular flexibility index (Phi) is 9.91. The standard InChI is InChI=1S/C13H29N2O7P/c1-7-19-10-12(22-13(16)14(2)3)11-21-23(17,18)20-9-8-15(4,5)6/h12H,7-11H2,1-6H3/p+1/t12-/m1/s1. The summed E-state index contributed by atoms with van der Waals surface area (Å²) >= 11 is 0. The summed E-state index contributed by atoms with van der Waals surface area (Å²) in [5.74, 6) is 0. The van der Waals surface area contributed by atoms with Gasteiger partial charge in [0.25, 0.3) is 0 Å². The number of carbonyl (C=O) groups is 1. The van der Waals surface area contributed by atoms with Crippen LogP contribution in [0.5, 0.6) is 0 Å². The van der Waals surface area contributed by atoms with Crippen LogP contribution in [0, 0.1) is 0 Å². The average molecular weight is 357 g/mol. The lowest BCUT2D eigenvalue weighted by atomic mass is 10.4. The van der Waals surface area contributed by atoms with Crippen LogP contribution in [0.15, 0.2) is 0 Å². The van der Waals surface area contributed by atoms with Crippen LogP contribution in [0.3, 0.4) is 0 Å². The monoisotopic (exact) mass is 357 g/mol. The van der Waals surface area contributed by atoms with Crippen molar-refractivity contribution in [3.63, 3.8) is 0 Å². The maximum absolute atomic E-state index is 11.8. The van der Waals surface area contributed by atoms with Crippen LogP contribution in [0.1, 0.15) is 6.92 Å². The van der Waals surface area contributed by atoms with Crippen LogP contribution in [-0.2, 0) is 23.1 Å². The minimum Gasteiger partial charge on any atom is -0.441 e. The van der Waals surface area contributed by atoms with E-state index >= 15 is 0 Å². The smallest absolute Gasteiger partial charge is 0.441 e. The van der Waals surface area contributed by atoms with Gasteiger partial charge in [0.05, 0.1) is 34.4 Å². The first-order chi connectivity index (χ1) is 10.5. The molecule has 9 nitrogen and oxygen atoms in total. The quantitative estimate of drug-likeness (QED) is 0.434. The predicted molar refractivity (Wildman–Crippen MR) is 85.1 cm³/mol. The second-order valence-corrected chi connectivity index (χ2v) is 7.62. The van der Waals surface area contributed by atoms with Crippen LogP contribution in [0.25, 0.3) is 0 Å². The summed E-state index contributed by atoms with van der Waals surface area (Å²) in [5.41, 5.74) is 0. The number of amides is 1. The fourth-order valence-corrected chi connectivity index (χ4v) is 2.00. The first-order valence-electron chi connectivity index (χ1n) is 7.35. The third-order valence-electron chi connectivity index (χ3n) is 2.58. The molecule has 1 amide bonds. The molecule has 0 rings (SSSR count). The highest BCUT2D eigenvalue weighted by Crippen LogP contribution is 2.43. The average Bonchev–Trinajstić information content (AvgIpc) is 2.39. The number of nitrogens with zero attached hydrogens (tertiary/aromatic N) is 2. The van der Waals surface area contributed by atoms with Crippen molar-refractivity contribution in [2.24, 2.45) is 0 Å². The minimum absolute atomic E-state index is 0.0644. The van der Waals surface area contributed by atoms with E-state index < -0.39 is 20.0 Å². The fraction of sp³-hybridized carbons (Fsp3) is 0.923. The van der Waals surface area contributed by atoms with Gasteiger partial charge in [-0.05, 0) is 6.92 Å². The van der Waals surface area contributed by atoms with Crippen molar-refractivity contribution in [2.45, 2.75) is 13.0 Å². The molecular formula is C13H30N2O7P+. The van der Waals surface area contributed by atoms with E-state index in [9.17, 15) is 14.3 Å². The number of ether oxygens (including phenoxy) is 2. The van der Waals surface area contributed by atoms with Crippen molar-refractivity contribution in [3.05, 3.63) is 0 Å². The molecule has 0 aromatic rings. The zero-order valence-electron chi connectivity index (χ0n) is 14.9. The van der Waals surface area contributed by atoms with Gasteiger partial charge in [0.15, 0.2) is 6.10 Å². The number of likely N-dealkylation sites (N-methyl/N-ethyl adjacent to an activating group) is 1. The number of hydrogen-bond acceptors (Lipinski definition) is 6. The van der Waals surface area contributed by atoms with Crippen molar-refractivity contribution >= 4 is 13.9 Å². The molecule has 138 valence electrons. The Hall–Kier alpha value is -0.700. The molecule has 0 saturated heterocycles. The molecule has 0 radical (unpaired) electrons. The van der Waals surface area contributed by atoms with E-state index in [4.69, 9.17) is 18.5 Å². The van der Waals surface area contributed by atoms with E-state index in [1.165, 1.54) is 19.0 Å². The number of carbonyl (C=O) groups excluding carboxylic acids is 1. The Labute approximate surface area is 138 Å². The molecule has 0 aromatic carbocycles. The molecular weight excluding hydrogens is 327 g/mol. The normalized spacial score (nSPS) is 15.8. The minimum atomic E-state index is -4.20. The van der Waals surface area contributed by atoms with E-state index in [-0.39, 0.29) is 19.8 Å². The van der Waals surface area contributed by atoms with Gasteiger partial charge in [0.2, 0.25) is 0 Å². The summed E-state index contributed by atoms with van der Waals surface area (Å²) in [4.78, 5) is 22.4. The molecule has 2 atom stereocenters. The highest BCUT2D eigenvalue weighted by Gasteiger charge is 2.26. The van der Waals surface area contributed by atoms with Gasteiger partial charge in [-0.15, -0.1) is 0 Å². The Balaban J connectivity index is 4.39. The number of quaternary nitrogens is 1. The SMILES string of the molecule is CCOC[C@H](COP(=O)(O)OCC[N+](C)(C)C)OC(=O)N(C)C. The summed E-state index contributed by atoms with van der Waals surface area (Å²) in [6.07, 6.45) is -1.38. The largest absolute Gasteiger partial charge is 0.472 e. The molecule has 0 saturated carbocycles. The number of rotatable bonds is 11. The third kappa shape index (κ3) is 12.4. The summed E-state index contributed by atoms with van der Waals surface area (Å²) < 4.78 is 32.5. The zero-order valence-corrected chi connectivity index (χ0v) is 15.7. The Bertz CT molecular complexity index is 398. The van der Waals surface area contributed by atoms with E-state index in [0.717, 1.165) is 0 Å². The lowest BCUT2D eigenvalue weighted by Crippen LogP contribution is -2.37. The summed E-state index contributed by atoms with van der Waals surface area (Å²) in [6, 6.07) is 0. The maximum Gasteiger partial charge on any atom is 0.472 e. The second kappa shape index (κ2) is 10.2. The zero-order chi connectivity index (χ0) is 18.1.